The fourth-order valence-corrected chi connectivity index (χ4v) is 2.97. The van der Waals surface area contributed by atoms with E-state index in [2.05, 4.69) is 21.9 Å². The number of fused-ring (bicyclic) bond motifs is 1. The molecule has 1 aliphatic rings. The lowest BCUT2D eigenvalue weighted by Crippen LogP contribution is -2.25. The molecule has 0 saturated heterocycles. The highest BCUT2D eigenvalue weighted by molar-refractivity contribution is 5.84. The third-order valence-corrected chi connectivity index (χ3v) is 4.64. The average molecular weight is 428 g/mol. The second-order valence-corrected chi connectivity index (χ2v) is 6.84. The minimum absolute atomic E-state index is 0.0634. The van der Waals surface area contributed by atoms with E-state index < -0.39 is 0 Å². The summed E-state index contributed by atoms with van der Waals surface area (Å²) < 4.78 is 16.3. The molecule has 0 aromatic heterocycles. The summed E-state index contributed by atoms with van der Waals surface area (Å²) in [6, 6.07) is 22.1. The van der Waals surface area contributed by atoms with Gasteiger partial charge in [-0.15, -0.1) is 0 Å². The minimum Gasteiger partial charge on any atom is -0.489 e. The van der Waals surface area contributed by atoms with E-state index in [0.717, 1.165) is 16.8 Å². The Morgan fingerprint density at radius 2 is 1.91 bits per heavy atom. The number of nitriles is 1. The number of hydrogen-bond donors (Lipinski definition) is 2. The van der Waals surface area contributed by atoms with Gasteiger partial charge in [-0.2, -0.15) is 10.4 Å². The van der Waals surface area contributed by atoms with Crippen molar-refractivity contribution in [2.24, 2.45) is 5.10 Å². The van der Waals surface area contributed by atoms with Gasteiger partial charge in [-0.3, -0.25) is 4.79 Å². The third kappa shape index (κ3) is 5.34. The molecule has 3 aromatic carbocycles. The van der Waals surface area contributed by atoms with E-state index in [1.165, 1.54) is 0 Å². The van der Waals surface area contributed by atoms with Crippen molar-refractivity contribution in [3.63, 3.8) is 0 Å². The first-order valence-corrected chi connectivity index (χ1v) is 9.87. The van der Waals surface area contributed by atoms with Gasteiger partial charge in [0.05, 0.1) is 24.4 Å². The Morgan fingerprint density at radius 3 is 2.75 bits per heavy atom. The molecule has 1 amide bonds. The molecule has 2 N–H and O–H groups in total. The molecule has 0 bridgehead atoms. The highest BCUT2D eigenvalue weighted by atomic mass is 16.7. The molecule has 0 fully saturated rings. The van der Waals surface area contributed by atoms with Gasteiger partial charge in [0.15, 0.2) is 11.5 Å². The van der Waals surface area contributed by atoms with Gasteiger partial charge >= 0.3 is 0 Å². The van der Waals surface area contributed by atoms with Crippen LogP contribution in [0.1, 0.15) is 16.7 Å². The van der Waals surface area contributed by atoms with Crippen molar-refractivity contribution < 1.29 is 19.0 Å². The molecule has 0 aliphatic carbocycles. The summed E-state index contributed by atoms with van der Waals surface area (Å²) in [6.07, 6.45) is 1.55. The van der Waals surface area contributed by atoms with Crippen LogP contribution >= 0.6 is 0 Å². The molecule has 8 nitrogen and oxygen atoms in total. The van der Waals surface area contributed by atoms with Crippen molar-refractivity contribution in [1.29, 1.82) is 5.26 Å². The van der Waals surface area contributed by atoms with Crippen LogP contribution < -0.4 is 25.0 Å². The first-order valence-electron chi connectivity index (χ1n) is 9.87. The summed E-state index contributed by atoms with van der Waals surface area (Å²) in [5.41, 5.74) is 5.46. The zero-order valence-electron chi connectivity index (χ0n) is 17.1. The Hall–Kier alpha value is -4.51. The molecule has 8 heteroatoms. The second-order valence-electron chi connectivity index (χ2n) is 6.84. The molecule has 32 heavy (non-hydrogen) atoms. The maximum Gasteiger partial charge on any atom is 0.259 e. The topological polar surface area (TPSA) is 105 Å². The molecule has 1 aliphatic heterocycles. The Labute approximate surface area is 185 Å². The zero-order chi connectivity index (χ0) is 22.2. The quantitative estimate of drug-likeness (QED) is 0.421. The first kappa shape index (κ1) is 20.8. The molecule has 160 valence electrons. The number of amides is 1. The number of hydrazone groups is 1. The molecule has 0 unspecified atom stereocenters. The minimum atomic E-state index is -0.282. The van der Waals surface area contributed by atoms with Gasteiger partial charge in [-0.05, 0) is 48.0 Å². The smallest absolute Gasteiger partial charge is 0.259 e. The Kier molecular flexibility index (Phi) is 6.48. The maximum atomic E-state index is 12.0. The van der Waals surface area contributed by atoms with Gasteiger partial charge in [0.1, 0.15) is 12.4 Å². The van der Waals surface area contributed by atoms with Crippen molar-refractivity contribution in [3.05, 3.63) is 83.4 Å². The number of rotatable bonds is 8. The predicted octanol–water partition coefficient (Wildman–Crippen LogP) is 3.43. The van der Waals surface area contributed by atoms with Crippen molar-refractivity contribution >= 4 is 17.8 Å². The lowest BCUT2D eigenvalue weighted by Gasteiger charge is -2.08. The first-order chi connectivity index (χ1) is 15.7. The molecular weight excluding hydrogens is 408 g/mol. The van der Waals surface area contributed by atoms with E-state index >= 15 is 0 Å². The number of nitrogens with zero attached hydrogens (tertiary/aromatic N) is 2. The number of anilines is 1. The van der Waals surface area contributed by atoms with Crippen molar-refractivity contribution in [2.75, 3.05) is 18.7 Å². The molecule has 0 atom stereocenters. The summed E-state index contributed by atoms with van der Waals surface area (Å²) in [6.45, 7) is 0.577. The van der Waals surface area contributed by atoms with E-state index in [9.17, 15) is 4.79 Å². The third-order valence-electron chi connectivity index (χ3n) is 4.64. The fourth-order valence-electron chi connectivity index (χ4n) is 2.97. The maximum absolute atomic E-state index is 12.0. The zero-order valence-corrected chi connectivity index (χ0v) is 17.1. The van der Waals surface area contributed by atoms with Crippen LogP contribution in [0.3, 0.4) is 0 Å². The summed E-state index contributed by atoms with van der Waals surface area (Å²) in [7, 11) is 0. The molecular formula is C24H20N4O4. The second kappa shape index (κ2) is 10.00. The van der Waals surface area contributed by atoms with Crippen LogP contribution in [0.25, 0.3) is 0 Å². The average Bonchev–Trinajstić information content (AvgIpc) is 3.30. The number of carbonyl (C=O) groups excluding carboxylic acids is 1. The van der Waals surface area contributed by atoms with E-state index in [1.54, 1.807) is 36.5 Å². The SMILES string of the molecule is N#Cc1ccccc1COc1ccc(/C=N/NC(=O)CNc2ccc3c(c2)OCO3)cc1. The van der Waals surface area contributed by atoms with Crippen LogP contribution in [-0.4, -0.2) is 25.5 Å². The Bertz CT molecular complexity index is 1170. The highest BCUT2D eigenvalue weighted by Gasteiger charge is 2.13. The van der Waals surface area contributed by atoms with Crippen molar-refractivity contribution in [3.8, 4) is 23.3 Å². The fraction of sp³-hybridized carbons (Fsp3) is 0.125. The standard InChI is InChI=1S/C24H20N4O4/c25-12-18-3-1-2-4-19(18)15-30-21-8-5-17(6-9-21)13-27-28-24(29)14-26-20-7-10-22-23(11-20)32-16-31-22/h1-11,13,26H,14-16H2,(H,28,29)/b27-13+. The largest absolute Gasteiger partial charge is 0.489 e. The molecule has 4 rings (SSSR count). The Morgan fingerprint density at radius 1 is 1.09 bits per heavy atom. The summed E-state index contributed by atoms with van der Waals surface area (Å²) in [5, 5.41) is 16.1. The number of benzene rings is 3. The normalized spacial score (nSPS) is 11.7. The van der Waals surface area contributed by atoms with E-state index in [-0.39, 0.29) is 19.2 Å². The van der Waals surface area contributed by atoms with Gasteiger partial charge in [0.2, 0.25) is 6.79 Å². The van der Waals surface area contributed by atoms with Gasteiger partial charge < -0.3 is 19.5 Å². The molecule has 0 spiro atoms. The van der Waals surface area contributed by atoms with Crippen LogP contribution in [0, 0.1) is 11.3 Å². The number of hydrogen-bond acceptors (Lipinski definition) is 7. The number of nitrogens with one attached hydrogen (secondary N) is 2. The lowest BCUT2D eigenvalue weighted by atomic mass is 10.1. The highest BCUT2D eigenvalue weighted by Crippen LogP contribution is 2.34. The predicted molar refractivity (Wildman–Crippen MR) is 119 cm³/mol. The summed E-state index contributed by atoms with van der Waals surface area (Å²) in [5.74, 6) is 1.73. The van der Waals surface area contributed by atoms with Gasteiger partial charge in [-0.1, -0.05) is 18.2 Å². The van der Waals surface area contributed by atoms with Gasteiger partial charge in [0.25, 0.3) is 5.91 Å². The number of ether oxygens (including phenoxy) is 3. The molecule has 3 aromatic rings. The van der Waals surface area contributed by atoms with Crippen LogP contribution in [0.2, 0.25) is 0 Å². The van der Waals surface area contributed by atoms with E-state index in [4.69, 9.17) is 19.5 Å². The summed E-state index contributed by atoms with van der Waals surface area (Å²) in [4.78, 5) is 12.0. The summed E-state index contributed by atoms with van der Waals surface area (Å²) >= 11 is 0. The van der Waals surface area contributed by atoms with Crippen LogP contribution in [0.4, 0.5) is 5.69 Å². The van der Waals surface area contributed by atoms with E-state index in [0.29, 0.717) is 29.4 Å². The van der Waals surface area contributed by atoms with Crippen LogP contribution in [-0.2, 0) is 11.4 Å². The van der Waals surface area contributed by atoms with E-state index in [1.807, 2.05) is 36.4 Å². The lowest BCUT2D eigenvalue weighted by molar-refractivity contribution is -0.119. The van der Waals surface area contributed by atoms with Crippen molar-refractivity contribution in [1.82, 2.24) is 5.43 Å². The monoisotopic (exact) mass is 428 g/mol. The van der Waals surface area contributed by atoms with Crippen LogP contribution in [0.15, 0.2) is 71.8 Å². The molecule has 0 radical (unpaired) electrons. The van der Waals surface area contributed by atoms with Crippen molar-refractivity contribution in [2.45, 2.75) is 6.61 Å². The van der Waals surface area contributed by atoms with Crippen LogP contribution in [0.5, 0.6) is 17.2 Å². The Balaban J connectivity index is 1.22. The number of carbonyl (C=O) groups is 1. The van der Waals surface area contributed by atoms with Gasteiger partial charge in [-0.25, -0.2) is 5.43 Å². The molecule has 0 saturated carbocycles. The molecule has 1 heterocycles. The van der Waals surface area contributed by atoms with Gasteiger partial charge in [0, 0.05) is 17.3 Å².